The second-order valence-corrected chi connectivity index (χ2v) is 9.69. The molecule has 7 heteroatoms. The molecule has 2 aliphatic heterocycles. The highest BCUT2D eigenvalue weighted by atomic mass is 16.5. The SMILES string of the molecule is COc1cc2c(cc1Nc1ncc3ccc(-c4cccc([C@H]5CCC(=O)N5)c4)cc3n1)CN(C)CC2. The van der Waals surface area contributed by atoms with E-state index in [0.717, 1.165) is 65.0 Å². The van der Waals surface area contributed by atoms with Crippen molar-refractivity contribution in [2.75, 3.05) is 26.0 Å². The fourth-order valence-electron chi connectivity index (χ4n) is 5.18. The van der Waals surface area contributed by atoms with Crippen LogP contribution in [0.1, 0.15) is 35.6 Å². The molecule has 0 unspecified atom stereocenters. The number of anilines is 2. The van der Waals surface area contributed by atoms with Crippen molar-refractivity contribution in [2.45, 2.75) is 31.8 Å². The van der Waals surface area contributed by atoms with Gasteiger partial charge < -0.3 is 20.3 Å². The summed E-state index contributed by atoms with van der Waals surface area (Å²) in [6.45, 7) is 1.97. The Bertz CT molecular complexity index is 1470. The standard InChI is InChI=1S/C29H29N5O2/c1-34-11-10-20-15-27(36-2)26(14-23(20)17-34)33-29-30-16-22-7-6-19(13-25(22)32-29)18-4-3-5-21(12-18)24-8-9-28(35)31-24/h3-7,12-16,24H,8-11,17H2,1-2H3,(H,31,35)(H,30,32,33)/t24-/m1/s1. The molecule has 0 saturated carbocycles. The van der Waals surface area contributed by atoms with Crippen LogP contribution in [0.25, 0.3) is 22.0 Å². The van der Waals surface area contributed by atoms with Crippen molar-refractivity contribution in [2.24, 2.45) is 0 Å². The summed E-state index contributed by atoms with van der Waals surface area (Å²) in [5, 5.41) is 7.42. The summed E-state index contributed by atoms with van der Waals surface area (Å²) in [4.78, 5) is 23.4. The van der Waals surface area contributed by atoms with Crippen molar-refractivity contribution >= 4 is 28.4 Å². The number of nitrogens with one attached hydrogen (secondary N) is 2. The molecule has 3 heterocycles. The number of carbonyl (C=O) groups excluding carboxylic acids is 1. The van der Waals surface area contributed by atoms with E-state index in [1.54, 1.807) is 7.11 Å². The third-order valence-electron chi connectivity index (χ3n) is 7.17. The molecular formula is C29H29N5O2. The van der Waals surface area contributed by atoms with Crippen LogP contribution >= 0.6 is 0 Å². The maximum Gasteiger partial charge on any atom is 0.227 e. The molecule has 1 aromatic heterocycles. The summed E-state index contributed by atoms with van der Waals surface area (Å²) in [5.74, 6) is 1.45. The molecule has 0 spiro atoms. The zero-order valence-corrected chi connectivity index (χ0v) is 20.5. The van der Waals surface area contributed by atoms with Gasteiger partial charge in [-0.05, 0) is 72.0 Å². The van der Waals surface area contributed by atoms with Crippen molar-refractivity contribution in [3.8, 4) is 16.9 Å². The highest BCUT2D eigenvalue weighted by Crippen LogP contribution is 2.34. The van der Waals surface area contributed by atoms with Gasteiger partial charge in [-0.2, -0.15) is 0 Å². The average Bonchev–Trinajstić information content (AvgIpc) is 3.34. The molecule has 1 atom stereocenters. The fourth-order valence-corrected chi connectivity index (χ4v) is 5.18. The van der Waals surface area contributed by atoms with Gasteiger partial charge in [0.2, 0.25) is 11.9 Å². The van der Waals surface area contributed by atoms with Crippen molar-refractivity contribution < 1.29 is 9.53 Å². The lowest BCUT2D eigenvalue weighted by Gasteiger charge is -2.26. The van der Waals surface area contributed by atoms with Crippen LogP contribution in [0, 0.1) is 0 Å². The van der Waals surface area contributed by atoms with E-state index in [1.807, 2.05) is 18.3 Å². The van der Waals surface area contributed by atoms with Crippen LogP contribution in [0.4, 0.5) is 11.6 Å². The number of rotatable bonds is 5. The molecule has 3 aromatic carbocycles. The van der Waals surface area contributed by atoms with Gasteiger partial charge in [0, 0.05) is 31.1 Å². The van der Waals surface area contributed by atoms with Crippen molar-refractivity contribution in [1.29, 1.82) is 0 Å². The van der Waals surface area contributed by atoms with E-state index in [9.17, 15) is 4.79 Å². The number of carbonyl (C=O) groups is 1. The van der Waals surface area contributed by atoms with E-state index in [0.29, 0.717) is 12.4 Å². The molecule has 1 amide bonds. The van der Waals surface area contributed by atoms with E-state index in [2.05, 4.69) is 70.0 Å². The van der Waals surface area contributed by atoms with Crippen LogP contribution in [0.2, 0.25) is 0 Å². The number of hydrogen-bond acceptors (Lipinski definition) is 6. The lowest BCUT2D eigenvalue weighted by Crippen LogP contribution is -2.26. The lowest BCUT2D eigenvalue weighted by atomic mass is 9.98. The molecule has 1 fully saturated rings. The molecule has 4 aromatic rings. The Morgan fingerprint density at radius 2 is 1.94 bits per heavy atom. The fraction of sp³-hybridized carbons (Fsp3) is 0.276. The Hall–Kier alpha value is -3.97. The largest absolute Gasteiger partial charge is 0.495 e. The van der Waals surface area contributed by atoms with Gasteiger partial charge in [-0.25, -0.2) is 9.97 Å². The van der Waals surface area contributed by atoms with E-state index < -0.39 is 0 Å². The Labute approximate surface area is 210 Å². The molecule has 1 saturated heterocycles. The van der Waals surface area contributed by atoms with E-state index in [4.69, 9.17) is 9.72 Å². The molecule has 2 N–H and O–H groups in total. The maximum absolute atomic E-state index is 11.7. The molecule has 182 valence electrons. The third kappa shape index (κ3) is 4.38. The summed E-state index contributed by atoms with van der Waals surface area (Å²) in [6.07, 6.45) is 4.29. The van der Waals surface area contributed by atoms with Crippen molar-refractivity contribution in [3.63, 3.8) is 0 Å². The third-order valence-corrected chi connectivity index (χ3v) is 7.17. The summed E-state index contributed by atoms with van der Waals surface area (Å²) in [6, 6.07) is 19.0. The van der Waals surface area contributed by atoms with Gasteiger partial charge in [0.15, 0.2) is 0 Å². The highest BCUT2D eigenvalue weighted by molar-refractivity contribution is 5.85. The quantitative estimate of drug-likeness (QED) is 0.420. The van der Waals surface area contributed by atoms with Crippen molar-refractivity contribution in [3.05, 3.63) is 77.5 Å². The first kappa shape index (κ1) is 22.5. The molecular weight excluding hydrogens is 450 g/mol. The molecule has 2 aliphatic rings. The predicted molar refractivity (Wildman–Crippen MR) is 141 cm³/mol. The van der Waals surface area contributed by atoms with Crippen molar-refractivity contribution in [1.82, 2.24) is 20.2 Å². The van der Waals surface area contributed by atoms with Crippen LogP contribution in [-0.4, -0.2) is 41.5 Å². The minimum atomic E-state index is 0.0856. The summed E-state index contributed by atoms with van der Waals surface area (Å²) in [7, 11) is 3.84. The van der Waals surface area contributed by atoms with Gasteiger partial charge >= 0.3 is 0 Å². The number of aromatic nitrogens is 2. The van der Waals surface area contributed by atoms with Gasteiger partial charge in [0.25, 0.3) is 0 Å². The van der Waals surface area contributed by atoms with Crippen LogP contribution < -0.4 is 15.4 Å². The van der Waals surface area contributed by atoms with E-state index >= 15 is 0 Å². The Morgan fingerprint density at radius 3 is 2.78 bits per heavy atom. The second kappa shape index (κ2) is 9.24. The molecule has 0 aliphatic carbocycles. The maximum atomic E-state index is 11.7. The number of amides is 1. The van der Waals surface area contributed by atoms with Gasteiger partial charge in [-0.3, -0.25) is 4.79 Å². The van der Waals surface area contributed by atoms with Gasteiger partial charge in [-0.15, -0.1) is 0 Å². The summed E-state index contributed by atoms with van der Waals surface area (Å²) < 4.78 is 5.68. The van der Waals surface area contributed by atoms with Crippen LogP contribution in [0.5, 0.6) is 5.75 Å². The van der Waals surface area contributed by atoms with Crippen LogP contribution in [-0.2, 0) is 17.8 Å². The molecule has 6 rings (SSSR count). The number of ether oxygens (including phenoxy) is 1. The number of likely N-dealkylation sites (N-methyl/N-ethyl adjacent to an activating group) is 1. The first-order valence-electron chi connectivity index (χ1n) is 12.4. The minimum absolute atomic E-state index is 0.0856. The Kier molecular flexibility index (Phi) is 5.77. The minimum Gasteiger partial charge on any atom is -0.495 e. The van der Waals surface area contributed by atoms with Crippen LogP contribution in [0.15, 0.2) is 60.8 Å². The number of nitrogens with zero attached hydrogens (tertiary/aromatic N) is 3. The molecule has 0 radical (unpaired) electrons. The Balaban J connectivity index is 1.31. The summed E-state index contributed by atoms with van der Waals surface area (Å²) in [5.41, 5.74) is 7.67. The first-order chi connectivity index (χ1) is 17.6. The molecule has 7 nitrogen and oxygen atoms in total. The monoisotopic (exact) mass is 479 g/mol. The van der Waals surface area contributed by atoms with Gasteiger partial charge in [0.1, 0.15) is 5.75 Å². The molecule has 0 bridgehead atoms. The zero-order chi connectivity index (χ0) is 24.6. The highest BCUT2D eigenvalue weighted by Gasteiger charge is 2.22. The Morgan fingerprint density at radius 1 is 1.06 bits per heavy atom. The van der Waals surface area contributed by atoms with Crippen LogP contribution in [0.3, 0.4) is 0 Å². The topological polar surface area (TPSA) is 79.4 Å². The second-order valence-electron chi connectivity index (χ2n) is 9.69. The van der Waals surface area contributed by atoms with Gasteiger partial charge in [0.05, 0.1) is 24.4 Å². The van der Waals surface area contributed by atoms with Gasteiger partial charge in [-0.1, -0.05) is 30.3 Å². The number of methoxy groups -OCH3 is 1. The number of fused-ring (bicyclic) bond motifs is 2. The first-order valence-corrected chi connectivity index (χ1v) is 12.4. The zero-order valence-electron chi connectivity index (χ0n) is 20.5. The number of benzene rings is 3. The van der Waals surface area contributed by atoms with E-state index in [1.165, 1.54) is 11.1 Å². The summed E-state index contributed by atoms with van der Waals surface area (Å²) >= 11 is 0. The average molecular weight is 480 g/mol. The molecule has 36 heavy (non-hydrogen) atoms. The smallest absolute Gasteiger partial charge is 0.227 e. The normalized spacial score (nSPS) is 17.6. The lowest BCUT2D eigenvalue weighted by molar-refractivity contribution is -0.119. The van der Waals surface area contributed by atoms with E-state index in [-0.39, 0.29) is 11.9 Å². The number of hydrogen-bond donors (Lipinski definition) is 2. The predicted octanol–water partition coefficient (Wildman–Crippen LogP) is 4.99.